The molecule has 1 aromatic heterocycles. The van der Waals surface area contributed by atoms with Gasteiger partial charge in [0.1, 0.15) is 17.6 Å². The number of methoxy groups -OCH3 is 3. The van der Waals surface area contributed by atoms with Gasteiger partial charge in [0, 0.05) is 17.7 Å². The molecule has 1 atom stereocenters. The molecule has 8 nitrogen and oxygen atoms in total. The first-order chi connectivity index (χ1) is 14.6. The van der Waals surface area contributed by atoms with E-state index in [-0.39, 0.29) is 12.1 Å². The van der Waals surface area contributed by atoms with E-state index in [1.165, 1.54) is 0 Å². The zero-order valence-corrected chi connectivity index (χ0v) is 17.1. The first-order valence-corrected chi connectivity index (χ1v) is 9.60. The average molecular weight is 408 g/mol. The lowest BCUT2D eigenvalue weighted by atomic mass is 10.1. The Morgan fingerprint density at radius 2 is 1.93 bits per heavy atom. The number of para-hydroxylation sites is 1. The van der Waals surface area contributed by atoms with Crippen molar-refractivity contribution in [3.63, 3.8) is 0 Å². The van der Waals surface area contributed by atoms with Gasteiger partial charge in [-0.3, -0.25) is 10.1 Å². The number of carbonyl (C=O) groups excluding carboxylic acids is 1. The Morgan fingerprint density at radius 1 is 1.10 bits per heavy atom. The van der Waals surface area contributed by atoms with Crippen LogP contribution in [0.5, 0.6) is 17.2 Å². The molecular formula is C22H24N4O4. The summed E-state index contributed by atoms with van der Waals surface area (Å²) in [6.07, 6.45) is -0.201. The van der Waals surface area contributed by atoms with E-state index in [2.05, 4.69) is 10.6 Å². The summed E-state index contributed by atoms with van der Waals surface area (Å²) in [5.41, 5.74) is 3.06. The maximum Gasteiger partial charge on any atom is 0.269 e. The van der Waals surface area contributed by atoms with E-state index in [0.29, 0.717) is 36.0 Å². The molecule has 30 heavy (non-hydrogen) atoms. The SMILES string of the molecule is COc1cccc(-c2cc3n(n2)[C@H](NCc2cccc(OC)c2OC)CNC3=O)c1. The summed E-state index contributed by atoms with van der Waals surface area (Å²) in [5.74, 6) is 1.95. The average Bonchev–Trinajstić information content (AvgIpc) is 3.25. The second-order valence-corrected chi connectivity index (χ2v) is 6.85. The molecule has 0 saturated carbocycles. The topological polar surface area (TPSA) is 86.6 Å². The van der Waals surface area contributed by atoms with Crippen molar-refractivity contribution in [2.45, 2.75) is 12.7 Å². The number of rotatable bonds is 7. The Balaban J connectivity index is 1.60. The van der Waals surface area contributed by atoms with E-state index in [9.17, 15) is 4.79 Å². The Kier molecular flexibility index (Phi) is 5.58. The monoisotopic (exact) mass is 408 g/mol. The van der Waals surface area contributed by atoms with Crippen molar-refractivity contribution in [3.8, 4) is 28.5 Å². The molecule has 1 aliphatic heterocycles. The fraction of sp³-hybridized carbons (Fsp3) is 0.273. The molecule has 4 rings (SSSR count). The minimum absolute atomic E-state index is 0.145. The number of carbonyl (C=O) groups is 1. The van der Waals surface area contributed by atoms with Crippen molar-refractivity contribution in [2.24, 2.45) is 0 Å². The Bertz CT molecular complexity index is 1060. The van der Waals surface area contributed by atoms with Gasteiger partial charge < -0.3 is 19.5 Å². The molecule has 3 aromatic rings. The van der Waals surface area contributed by atoms with Gasteiger partial charge in [-0.1, -0.05) is 24.3 Å². The van der Waals surface area contributed by atoms with Crippen LogP contribution >= 0.6 is 0 Å². The molecule has 0 unspecified atom stereocenters. The number of aromatic nitrogens is 2. The number of nitrogens with one attached hydrogen (secondary N) is 2. The van der Waals surface area contributed by atoms with Gasteiger partial charge >= 0.3 is 0 Å². The molecule has 0 bridgehead atoms. The second-order valence-electron chi connectivity index (χ2n) is 6.85. The van der Waals surface area contributed by atoms with E-state index < -0.39 is 0 Å². The quantitative estimate of drug-likeness (QED) is 0.625. The van der Waals surface area contributed by atoms with Crippen LogP contribution in [0.25, 0.3) is 11.3 Å². The summed E-state index contributed by atoms with van der Waals surface area (Å²) in [4.78, 5) is 12.4. The summed E-state index contributed by atoms with van der Waals surface area (Å²) < 4.78 is 17.9. The van der Waals surface area contributed by atoms with Crippen LogP contribution in [0.2, 0.25) is 0 Å². The molecule has 0 fully saturated rings. The molecular weight excluding hydrogens is 384 g/mol. The van der Waals surface area contributed by atoms with Gasteiger partial charge in [-0.15, -0.1) is 0 Å². The van der Waals surface area contributed by atoms with Crippen molar-refractivity contribution < 1.29 is 19.0 Å². The second kappa shape index (κ2) is 8.46. The van der Waals surface area contributed by atoms with Gasteiger partial charge in [-0.05, 0) is 24.3 Å². The standard InChI is InChI=1S/C22H24N4O4/c1-28-16-8-4-6-14(10-16)17-11-18-22(27)24-13-20(26(18)25-17)23-12-15-7-5-9-19(29-2)21(15)30-3/h4-11,20,23H,12-13H2,1-3H3,(H,24,27)/t20-/m0/s1. The minimum atomic E-state index is -0.201. The van der Waals surface area contributed by atoms with Gasteiger partial charge in [0.2, 0.25) is 0 Å². The van der Waals surface area contributed by atoms with E-state index in [1.54, 1.807) is 32.1 Å². The van der Waals surface area contributed by atoms with Crippen LogP contribution < -0.4 is 24.8 Å². The van der Waals surface area contributed by atoms with Gasteiger partial charge in [0.15, 0.2) is 11.5 Å². The first-order valence-electron chi connectivity index (χ1n) is 9.60. The lowest BCUT2D eigenvalue weighted by molar-refractivity contribution is 0.0900. The maximum atomic E-state index is 12.4. The number of fused-ring (bicyclic) bond motifs is 1. The van der Waals surface area contributed by atoms with Gasteiger partial charge in [-0.25, -0.2) is 4.68 Å². The number of nitrogens with zero attached hydrogens (tertiary/aromatic N) is 2. The van der Waals surface area contributed by atoms with Crippen LogP contribution in [0.1, 0.15) is 22.2 Å². The highest BCUT2D eigenvalue weighted by molar-refractivity contribution is 5.94. The molecule has 0 radical (unpaired) electrons. The zero-order valence-electron chi connectivity index (χ0n) is 17.1. The van der Waals surface area contributed by atoms with Crippen molar-refractivity contribution >= 4 is 5.91 Å². The van der Waals surface area contributed by atoms with Gasteiger partial charge in [-0.2, -0.15) is 5.10 Å². The Labute approximate surface area is 174 Å². The lowest BCUT2D eigenvalue weighted by Crippen LogP contribution is -2.45. The van der Waals surface area contributed by atoms with E-state index in [4.69, 9.17) is 19.3 Å². The third-order valence-electron chi connectivity index (χ3n) is 5.10. The fourth-order valence-corrected chi connectivity index (χ4v) is 3.57. The molecule has 156 valence electrons. The predicted molar refractivity (Wildman–Crippen MR) is 112 cm³/mol. The summed E-state index contributed by atoms with van der Waals surface area (Å²) >= 11 is 0. The number of ether oxygens (including phenoxy) is 3. The van der Waals surface area contributed by atoms with E-state index in [0.717, 1.165) is 16.9 Å². The Morgan fingerprint density at radius 3 is 2.70 bits per heavy atom. The third kappa shape index (κ3) is 3.69. The Hall–Kier alpha value is -3.52. The summed E-state index contributed by atoms with van der Waals surface area (Å²) in [5, 5.41) is 11.1. The molecule has 0 aliphatic carbocycles. The molecule has 0 spiro atoms. The predicted octanol–water partition coefficient (Wildman–Crippen LogP) is 2.61. The maximum absolute atomic E-state index is 12.4. The van der Waals surface area contributed by atoms with Crippen LogP contribution in [0.3, 0.4) is 0 Å². The molecule has 1 amide bonds. The lowest BCUT2D eigenvalue weighted by Gasteiger charge is -2.26. The van der Waals surface area contributed by atoms with Crippen molar-refractivity contribution in [1.29, 1.82) is 0 Å². The van der Waals surface area contributed by atoms with Crippen molar-refractivity contribution in [2.75, 3.05) is 27.9 Å². The van der Waals surface area contributed by atoms with Gasteiger partial charge in [0.05, 0.1) is 33.6 Å². The van der Waals surface area contributed by atoms with E-state index in [1.807, 2.05) is 42.5 Å². The molecule has 0 saturated heterocycles. The molecule has 2 aromatic carbocycles. The largest absolute Gasteiger partial charge is 0.497 e. The number of amides is 1. The fourth-order valence-electron chi connectivity index (χ4n) is 3.57. The molecule has 1 aliphatic rings. The van der Waals surface area contributed by atoms with Crippen LogP contribution in [-0.2, 0) is 6.54 Å². The summed E-state index contributed by atoms with van der Waals surface area (Å²) in [6, 6.07) is 15.2. The minimum Gasteiger partial charge on any atom is -0.497 e. The highest BCUT2D eigenvalue weighted by Gasteiger charge is 2.27. The van der Waals surface area contributed by atoms with Gasteiger partial charge in [0.25, 0.3) is 5.91 Å². The van der Waals surface area contributed by atoms with Crippen molar-refractivity contribution in [3.05, 3.63) is 59.8 Å². The first kappa shape index (κ1) is 19.8. The summed E-state index contributed by atoms with van der Waals surface area (Å²) in [7, 11) is 4.85. The molecule has 8 heteroatoms. The van der Waals surface area contributed by atoms with E-state index >= 15 is 0 Å². The van der Waals surface area contributed by atoms with Crippen molar-refractivity contribution in [1.82, 2.24) is 20.4 Å². The third-order valence-corrected chi connectivity index (χ3v) is 5.10. The highest BCUT2D eigenvalue weighted by Crippen LogP contribution is 2.31. The number of benzene rings is 2. The van der Waals surface area contributed by atoms with Crippen LogP contribution in [0, 0.1) is 0 Å². The molecule has 2 heterocycles. The van der Waals surface area contributed by atoms with Crippen LogP contribution in [0.15, 0.2) is 48.5 Å². The zero-order chi connectivity index (χ0) is 21.1. The highest BCUT2D eigenvalue weighted by atomic mass is 16.5. The molecule has 2 N–H and O–H groups in total. The summed E-state index contributed by atoms with van der Waals surface area (Å²) in [6.45, 7) is 0.950. The smallest absolute Gasteiger partial charge is 0.269 e. The van der Waals surface area contributed by atoms with Crippen LogP contribution in [-0.4, -0.2) is 43.6 Å². The number of hydrogen-bond acceptors (Lipinski definition) is 6. The van der Waals surface area contributed by atoms with Crippen LogP contribution in [0.4, 0.5) is 0 Å². The number of hydrogen-bond donors (Lipinski definition) is 2. The normalized spacial score (nSPS) is 15.3.